The Balaban J connectivity index is 2.54. The van der Waals surface area contributed by atoms with E-state index in [9.17, 15) is 9.59 Å². The van der Waals surface area contributed by atoms with E-state index in [-0.39, 0.29) is 18.6 Å². The van der Waals surface area contributed by atoms with Crippen LogP contribution in [0.5, 0.6) is 0 Å². The van der Waals surface area contributed by atoms with Gasteiger partial charge in [0.1, 0.15) is 0 Å². The van der Waals surface area contributed by atoms with Gasteiger partial charge in [-0.1, -0.05) is 6.92 Å². The molecule has 0 aromatic heterocycles. The molecule has 1 rings (SSSR count). The molecule has 5 heteroatoms. The van der Waals surface area contributed by atoms with Crippen LogP contribution in [0.3, 0.4) is 0 Å². The molecule has 0 aliphatic carbocycles. The number of carboxylic acids is 1. The highest BCUT2D eigenvalue weighted by atomic mass is 16.6. The summed E-state index contributed by atoms with van der Waals surface area (Å²) >= 11 is 0. The van der Waals surface area contributed by atoms with Gasteiger partial charge in [-0.15, -0.1) is 0 Å². The van der Waals surface area contributed by atoms with Gasteiger partial charge in [0.25, 0.3) is 0 Å². The summed E-state index contributed by atoms with van der Waals surface area (Å²) in [5, 5.41) is 8.89. The van der Waals surface area contributed by atoms with E-state index in [1.807, 2.05) is 6.92 Å². The average Bonchev–Trinajstić information content (AvgIpc) is 2.46. The van der Waals surface area contributed by atoms with Crippen molar-refractivity contribution < 1.29 is 19.4 Å². The van der Waals surface area contributed by atoms with Crippen LogP contribution in [0.2, 0.25) is 0 Å². The maximum atomic E-state index is 11.5. The number of amides is 1. The SMILES string of the molecule is CC(C)OC(=O)N1CC(C)C(C(=O)O)C1. The second kappa shape index (κ2) is 4.51. The maximum absolute atomic E-state index is 11.5. The summed E-state index contributed by atoms with van der Waals surface area (Å²) < 4.78 is 5.00. The number of ether oxygens (including phenoxy) is 1. The molecule has 0 spiro atoms. The third kappa shape index (κ3) is 2.84. The molecule has 5 nitrogen and oxygen atoms in total. The second-order valence-electron chi connectivity index (χ2n) is 4.26. The first-order valence-electron chi connectivity index (χ1n) is 5.10. The number of carboxylic acid groups (broad SMARTS) is 1. The van der Waals surface area contributed by atoms with Crippen molar-refractivity contribution in [3.63, 3.8) is 0 Å². The fraction of sp³-hybridized carbons (Fsp3) is 0.800. The highest BCUT2D eigenvalue weighted by Crippen LogP contribution is 2.23. The monoisotopic (exact) mass is 215 g/mol. The number of hydrogen-bond donors (Lipinski definition) is 1. The summed E-state index contributed by atoms with van der Waals surface area (Å²) in [6.45, 7) is 6.09. The summed E-state index contributed by atoms with van der Waals surface area (Å²) in [7, 11) is 0. The topological polar surface area (TPSA) is 66.8 Å². The van der Waals surface area contributed by atoms with Crippen LogP contribution in [-0.2, 0) is 9.53 Å². The Morgan fingerprint density at radius 1 is 1.40 bits per heavy atom. The molecule has 0 aromatic rings. The number of carbonyl (C=O) groups excluding carboxylic acids is 1. The highest BCUT2D eigenvalue weighted by Gasteiger charge is 2.37. The number of likely N-dealkylation sites (tertiary alicyclic amines) is 1. The lowest BCUT2D eigenvalue weighted by atomic mass is 9.99. The van der Waals surface area contributed by atoms with Crippen molar-refractivity contribution in [3.8, 4) is 0 Å². The van der Waals surface area contributed by atoms with Crippen molar-refractivity contribution in [1.82, 2.24) is 4.90 Å². The van der Waals surface area contributed by atoms with Crippen LogP contribution in [0, 0.1) is 11.8 Å². The zero-order valence-electron chi connectivity index (χ0n) is 9.27. The second-order valence-corrected chi connectivity index (χ2v) is 4.26. The molecule has 2 unspecified atom stereocenters. The third-order valence-corrected chi connectivity index (χ3v) is 2.52. The molecular formula is C10H17NO4. The summed E-state index contributed by atoms with van der Waals surface area (Å²) in [4.78, 5) is 23.8. The fourth-order valence-corrected chi connectivity index (χ4v) is 1.71. The average molecular weight is 215 g/mol. The lowest BCUT2D eigenvalue weighted by molar-refractivity contribution is -0.142. The van der Waals surface area contributed by atoms with E-state index in [0.29, 0.717) is 6.54 Å². The first-order chi connectivity index (χ1) is 6.91. The van der Waals surface area contributed by atoms with Crippen LogP contribution in [-0.4, -0.2) is 41.3 Å². The lowest BCUT2D eigenvalue weighted by Crippen LogP contribution is -2.32. The van der Waals surface area contributed by atoms with Crippen molar-refractivity contribution in [1.29, 1.82) is 0 Å². The molecule has 1 fully saturated rings. The molecule has 2 atom stereocenters. The Morgan fingerprint density at radius 2 is 2.00 bits per heavy atom. The normalized spacial score (nSPS) is 25.7. The molecule has 1 saturated heterocycles. The summed E-state index contributed by atoms with van der Waals surface area (Å²) in [5.74, 6) is -1.32. The highest BCUT2D eigenvalue weighted by molar-refractivity contribution is 5.74. The Kier molecular flexibility index (Phi) is 3.55. The van der Waals surface area contributed by atoms with E-state index in [1.165, 1.54) is 4.90 Å². The molecule has 1 heterocycles. The summed E-state index contributed by atoms with van der Waals surface area (Å²) in [5.41, 5.74) is 0. The molecule has 1 N–H and O–H groups in total. The Labute approximate surface area is 89.0 Å². The molecule has 0 aromatic carbocycles. The van der Waals surface area contributed by atoms with E-state index in [0.717, 1.165) is 0 Å². The minimum atomic E-state index is -0.845. The van der Waals surface area contributed by atoms with E-state index in [4.69, 9.17) is 9.84 Å². The number of aliphatic carboxylic acids is 1. The summed E-state index contributed by atoms with van der Waals surface area (Å²) in [6.07, 6.45) is -0.586. The predicted octanol–water partition coefficient (Wildman–Crippen LogP) is 1.18. The molecule has 0 saturated carbocycles. The smallest absolute Gasteiger partial charge is 0.410 e. The Bertz CT molecular complexity index is 264. The zero-order valence-corrected chi connectivity index (χ0v) is 9.27. The quantitative estimate of drug-likeness (QED) is 0.751. The molecule has 1 amide bonds. The largest absolute Gasteiger partial charge is 0.481 e. The molecule has 0 radical (unpaired) electrons. The van der Waals surface area contributed by atoms with Crippen molar-refractivity contribution in [2.45, 2.75) is 26.9 Å². The fourth-order valence-electron chi connectivity index (χ4n) is 1.71. The molecule has 0 bridgehead atoms. The Hall–Kier alpha value is -1.26. The lowest BCUT2D eigenvalue weighted by Gasteiger charge is -2.17. The van der Waals surface area contributed by atoms with Crippen molar-refractivity contribution in [2.24, 2.45) is 11.8 Å². The first-order valence-corrected chi connectivity index (χ1v) is 5.10. The van der Waals surface area contributed by atoms with Gasteiger partial charge >= 0.3 is 12.1 Å². The number of carbonyl (C=O) groups is 2. The first kappa shape index (κ1) is 11.8. The molecule has 1 aliphatic heterocycles. The van der Waals surface area contributed by atoms with Gasteiger partial charge in [0.05, 0.1) is 12.0 Å². The van der Waals surface area contributed by atoms with E-state index < -0.39 is 18.0 Å². The number of hydrogen-bond acceptors (Lipinski definition) is 3. The van der Waals surface area contributed by atoms with E-state index in [1.54, 1.807) is 13.8 Å². The summed E-state index contributed by atoms with van der Waals surface area (Å²) in [6, 6.07) is 0. The van der Waals surface area contributed by atoms with Gasteiger partial charge in [-0.3, -0.25) is 4.79 Å². The van der Waals surface area contributed by atoms with Gasteiger partial charge in [0.2, 0.25) is 0 Å². The molecule has 15 heavy (non-hydrogen) atoms. The van der Waals surface area contributed by atoms with Crippen LogP contribution in [0.1, 0.15) is 20.8 Å². The van der Waals surface area contributed by atoms with Crippen molar-refractivity contribution in [3.05, 3.63) is 0 Å². The van der Waals surface area contributed by atoms with Gasteiger partial charge in [-0.25, -0.2) is 4.79 Å². The van der Waals surface area contributed by atoms with Crippen LogP contribution < -0.4 is 0 Å². The molecule has 86 valence electrons. The minimum Gasteiger partial charge on any atom is -0.481 e. The zero-order chi connectivity index (χ0) is 11.6. The van der Waals surface area contributed by atoms with Crippen LogP contribution >= 0.6 is 0 Å². The van der Waals surface area contributed by atoms with Gasteiger partial charge in [0.15, 0.2) is 0 Å². The van der Waals surface area contributed by atoms with Gasteiger partial charge in [-0.2, -0.15) is 0 Å². The molecular weight excluding hydrogens is 198 g/mol. The standard InChI is InChI=1S/C10H17NO4/c1-6(2)15-10(14)11-4-7(3)8(5-11)9(12)13/h6-8H,4-5H2,1-3H3,(H,12,13). The van der Waals surface area contributed by atoms with Crippen molar-refractivity contribution >= 4 is 12.1 Å². The van der Waals surface area contributed by atoms with Crippen LogP contribution in [0.25, 0.3) is 0 Å². The van der Waals surface area contributed by atoms with Crippen molar-refractivity contribution in [2.75, 3.05) is 13.1 Å². The van der Waals surface area contributed by atoms with E-state index >= 15 is 0 Å². The van der Waals surface area contributed by atoms with Crippen LogP contribution in [0.15, 0.2) is 0 Å². The molecule has 1 aliphatic rings. The maximum Gasteiger partial charge on any atom is 0.410 e. The number of nitrogens with zero attached hydrogens (tertiary/aromatic N) is 1. The Morgan fingerprint density at radius 3 is 2.40 bits per heavy atom. The van der Waals surface area contributed by atoms with Gasteiger partial charge in [0, 0.05) is 13.1 Å². The predicted molar refractivity (Wildman–Crippen MR) is 53.5 cm³/mol. The number of rotatable bonds is 2. The third-order valence-electron chi connectivity index (χ3n) is 2.52. The van der Waals surface area contributed by atoms with E-state index in [2.05, 4.69) is 0 Å². The van der Waals surface area contributed by atoms with Crippen LogP contribution in [0.4, 0.5) is 4.79 Å². The van der Waals surface area contributed by atoms with Gasteiger partial charge in [-0.05, 0) is 19.8 Å². The minimum absolute atomic E-state index is 0.0118. The van der Waals surface area contributed by atoms with Gasteiger partial charge < -0.3 is 14.7 Å².